The Labute approximate surface area is 190 Å². The van der Waals surface area contributed by atoms with Crippen molar-refractivity contribution in [3.63, 3.8) is 0 Å². The van der Waals surface area contributed by atoms with Crippen LogP contribution in [0.2, 0.25) is 0 Å². The molecule has 1 heterocycles. The number of anilines is 1. The molecular weight excluding hydrogens is 422 g/mol. The molecule has 0 aliphatic carbocycles. The van der Waals surface area contributed by atoms with Gasteiger partial charge in [-0.05, 0) is 60.4 Å². The quantitative estimate of drug-likeness (QED) is 0.300. The number of ketones is 1. The molecule has 0 saturated heterocycles. The number of rotatable bonds is 8. The van der Waals surface area contributed by atoms with Crippen molar-refractivity contribution in [3.05, 3.63) is 83.6 Å². The fourth-order valence-corrected chi connectivity index (χ4v) is 3.56. The normalized spacial score (nSPS) is 10.7. The van der Waals surface area contributed by atoms with Crippen LogP contribution >= 0.6 is 0 Å². The first-order valence-electron chi connectivity index (χ1n) is 10.4. The predicted octanol–water partition coefficient (Wildman–Crippen LogP) is 4.76. The number of aryl methyl sites for hydroxylation is 2. The van der Waals surface area contributed by atoms with E-state index >= 15 is 0 Å². The molecule has 2 N–H and O–H groups in total. The summed E-state index contributed by atoms with van der Waals surface area (Å²) in [5.41, 5.74) is 2.99. The number of fused-ring (bicyclic) bond motifs is 1. The van der Waals surface area contributed by atoms with Gasteiger partial charge in [-0.3, -0.25) is 9.59 Å². The highest BCUT2D eigenvalue weighted by Crippen LogP contribution is 2.32. The molecule has 33 heavy (non-hydrogen) atoms. The monoisotopic (exact) mass is 445 g/mol. The van der Waals surface area contributed by atoms with Gasteiger partial charge < -0.3 is 24.3 Å². The van der Waals surface area contributed by atoms with Crippen molar-refractivity contribution in [1.29, 1.82) is 0 Å². The summed E-state index contributed by atoms with van der Waals surface area (Å²) in [5, 5.41) is 13.1. The number of carbonyl (C=O) groups excluding carboxylic acids is 2. The van der Waals surface area contributed by atoms with E-state index in [9.17, 15) is 14.7 Å². The number of nitrogens with one attached hydrogen (secondary N) is 1. The van der Waals surface area contributed by atoms with Gasteiger partial charge in [-0.1, -0.05) is 30.3 Å². The van der Waals surface area contributed by atoms with Gasteiger partial charge in [0.25, 0.3) is 11.7 Å². The number of furan rings is 1. The van der Waals surface area contributed by atoms with Crippen LogP contribution in [0, 0.1) is 0 Å². The Hall–Kier alpha value is -4.26. The Morgan fingerprint density at radius 2 is 1.55 bits per heavy atom. The molecule has 4 rings (SSSR count). The average molecular weight is 445 g/mol. The lowest BCUT2D eigenvalue weighted by Gasteiger charge is -2.10. The highest BCUT2D eigenvalue weighted by molar-refractivity contribution is 6.46. The van der Waals surface area contributed by atoms with Crippen molar-refractivity contribution in [2.45, 2.75) is 12.8 Å². The third-order valence-electron chi connectivity index (χ3n) is 5.34. The second-order valence-electron chi connectivity index (χ2n) is 7.45. The summed E-state index contributed by atoms with van der Waals surface area (Å²) in [5.74, 6) is -1.17. The van der Waals surface area contributed by atoms with Gasteiger partial charge in [0.05, 0.1) is 19.6 Å². The highest BCUT2D eigenvalue weighted by atomic mass is 16.5. The molecule has 0 unspecified atom stereocenters. The Kier molecular flexibility index (Phi) is 6.31. The summed E-state index contributed by atoms with van der Waals surface area (Å²) in [6, 6.07) is 19.7. The lowest BCUT2D eigenvalue weighted by molar-refractivity contribution is -0.112. The summed E-state index contributed by atoms with van der Waals surface area (Å²) >= 11 is 0. The number of methoxy groups -OCH3 is 2. The maximum Gasteiger partial charge on any atom is 0.300 e. The van der Waals surface area contributed by atoms with Crippen molar-refractivity contribution >= 4 is 28.3 Å². The van der Waals surface area contributed by atoms with Gasteiger partial charge in [0.15, 0.2) is 17.2 Å². The maximum absolute atomic E-state index is 12.5. The molecule has 7 heteroatoms. The Morgan fingerprint density at radius 1 is 0.879 bits per heavy atom. The first-order chi connectivity index (χ1) is 16.0. The second-order valence-corrected chi connectivity index (χ2v) is 7.45. The number of amides is 1. The number of hydrogen-bond acceptors (Lipinski definition) is 6. The Balaban J connectivity index is 1.38. The first-order valence-corrected chi connectivity index (χ1v) is 10.4. The SMILES string of the molecule is COc1ccc(CCc2ccc(NC(=O)C(=O)c3oc4ccccc4c3O)cc2)cc1OC. The maximum atomic E-state index is 12.5. The van der Waals surface area contributed by atoms with E-state index in [1.54, 1.807) is 50.6 Å². The minimum Gasteiger partial charge on any atom is -0.504 e. The zero-order chi connectivity index (χ0) is 23.4. The van der Waals surface area contributed by atoms with E-state index in [1.165, 1.54) is 0 Å². The smallest absolute Gasteiger partial charge is 0.300 e. The molecule has 1 amide bonds. The average Bonchev–Trinajstić information content (AvgIpc) is 3.19. The second kappa shape index (κ2) is 9.48. The minimum absolute atomic E-state index is 0.337. The topological polar surface area (TPSA) is 98.0 Å². The van der Waals surface area contributed by atoms with Gasteiger partial charge in [0.2, 0.25) is 5.76 Å². The van der Waals surface area contributed by atoms with Crippen LogP contribution in [0.5, 0.6) is 17.2 Å². The number of para-hydroxylation sites is 1. The van der Waals surface area contributed by atoms with Gasteiger partial charge >= 0.3 is 0 Å². The molecule has 0 atom stereocenters. The number of ether oxygens (including phenoxy) is 2. The minimum atomic E-state index is -0.943. The lowest BCUT2D eigenvalue weighted by Crippen LogP contribution is -2.22. The molecule has 3 aromatic carbocycles. The van der Waals surface area contributed by atoms with E-state index in [0.29, 0.717) is 28.2 Å². The number of hydrogen-bond donors (Lipinski definition) is 2. The number of carbonyl (C=O) groups is 2. The summed E-state index contributed by atoms with van der Waals surface area (Å²) in [6.45, 7) is 0. The van der Waals surface area contributed by atoms with Crippen LogP contribution in [0.15, 0.2) is 71.1 Å². The molecule has 0 aliphatic rings. The summed E-state index contributed by atoms with van der Waals surface area (Å²) in [7, 11) is 3.21. The van der Waals surface area contributed by atoms with Crippen LogP contribution < -0.4 is 14.8 Å². The molecule has 4 aromatic rings. The molecule has 0 fully saturated rings. The molecule has 7 nitrogen and oxygen atoms in total. The van der Waals surface area contributed by atoms with E-state index in [2.05, 4.69) is 5.32 Å². The number of Topliss-reactive ketones (excluding diaryl/α,β-unsaturated/α-hetero) is 1. The van der Waals surface area contributed by atoms with Gasteiger partial charge in [0.1, 0.15) is 5.58 Å². The molecule has 0 bridgehead atoms. The summed E-state index contributed by atoms with van der Waals surface area (Å²) in [4.78, 5) is 24.9. The highest BCUT2D eigenvalue weighted by Gasteiger charge is 2.26. The van der Waals surface area contributed by atoms with E-state index < -0.39 is 11.7 Å². The van der Waals surface area contributed by atoms with Crippen molar-refractivity contribution in [3.8, 4) is 17.2 Å². The lowest BCUT2D eigenvalue weighted by atomic mass is 10.0. The zero-order valence-corrected chi connectivity index (χ0v) is 18.3. The fraction of sp³-hybridized carbons (Fsp3) is 0.154. The third kappa shape index (κ3) is 4.67. The van der Waals surface area contributed by atoms with E-state index in [-0.39, 0.29) is 11.5 Å². The standard InChI is InChI=1S/C26H23NO6/c1-31-21-14-11-17(15-22(21)32-2)8-7-16-9-12-18(13-10-16)27-26(30)24(29)25-23(28)19-5-3-4-6-20(19)33-25/h3-6,9-15,28H,7-8H2,1-2H3,(H,27,30). The third-order valence-corrected chi connectivity index (χ3v) is 5.34. The predicted molar refractivity (Wildman–Crippen MR) is 124 cm³/mol. The molecule has 0 saturated carbocycles. The largest absolute Gasteiger partial charge is 0.504 e. The molecule has 1 aromatic heterocycles. The summed E-state index contributed by atoms with van der Waals surface area (Å²) in [6.07, 6.45) is 1.59. The van der Waals surface area contributed by atoms with Crippen molar-refractivity contribution in [1.82, 2.24) is 0 Å². The van der Waals surface area contributed by atoms with E-state index in [1.807, 2.05) is 30.3 Å². The van der Waals surface area contributed by atoms with Gasteiger partial charge in [-0.2, -0.15) is 0 Å². The van der Waals surface area contributed by atoms with Crippen LogP contribution in [0.4, 0.5) is 5.69 Å². The molecule has 0 aliphatic heterocycles. The molecule has 0 radical (unpaired) electrons. The number of benzene rings is 3. The van der Waals surface area contributed by atoms with Crippen LogP contribution in [0.3, 0.4) is 0 Å². The van der Waals surface area contributed by atoms with Crippen LogP contribution in [-0.4, -0.2) is 31.0 Å². The van der Waals surface area contributed by atoms with Crippen LogP contribution in [0.25, 0.3) is 11.0 Å². The van der Waals surface area contributed by atoms with Crippen LogP contribution in [0.1, 0.15) is 21.7 Å². The van der Waals surface area contributed by atoms with Crippen LogP contribution in [-0.2, 0) is 17.6 Å². The molecular formula is C26H23NO6. The van der Waals surface area contributed by atoms with Crippen molar-refractivity contribution in [2.24, 2.45) is 0 Å². The summed E-state index contributed by atoms with van der Waals surface area (Å²) < 4.78 is 16.0. The van der Waals surface area contributed by atoms with E-state index in [0.717, 1.165) is 24.0 Å². The fourth-order valence-electron chi connectivity index (χ4n) is 3.56. The first kappa shape index (κ1) is 22.0. The zero-order valence-electron chi connectivity index (χ0n) is 18.3. The van der Waals surface area contributed by atoms with Gasteiger partial charge in [-0.15, -0.1) is 0 Å². The van der Waals surface area contributed by atoms with Crippen molar-refractivity contribution < 1.29 is 28.6 Å². The number of aromatic hydroxyl groups is 1. The van der Waals surface area contributed by atoms with Gasteiger partial charge in [0, 0.05) is 5.69 Å². The molecule has 168 valence electrons. The van der Waals surface area contributed by atoms with Gasteiger partial charge in [-0.25, -0.2) is 0 Å². The Morgan fingerprint density at radius 3 is 2.24 bits per heavy atom. The Bertz CT molecular complexity index is 1310. The van der Waals surface area contributed by atoms with Crippen molar-refractivity contribution in [2.75, 3.05) is 19.5 Å². The van der Waals surface area contributed by atoms with E-state index in [4.69, 9.17) is 13.9 Å². The molecule has 0 spiro atoms.